The van der Waals surface area contributed by atoms with Crippen LogP contribution in [-0.2, 0) is 4.79 Å². The predicted octanol–water partition coefficient (Wildman–Crippen LogP) is 7.09. The van der Waals surface area contributed by atoms with Crippen molar-refractivity contribution in [2.45, 2.75) is 89.9 Å². The molecular formula is C26H35F3N2O2. The van der Waals surface area contributed by atoms with Crippen molar-refractivity contribution in [3.63, 3.8) is 0 Å². The third-order valence-electron chi connectivity index (χ3n) is 6.26. The summed E-state index contributed by atoms with van der Waals surface area (Å²) in [6, 6.07) is 8.25. The third-order valence-corrected chi connectivity index (χ3v) is 6.26. The van der Waals surface area contributed by atoms with Gasteiger partial charge in [-0.25, -0.2) is 0 Å². The highest BCUT2D eigenvalue weighted by atomic mass is 19.4. The van der Waals surface area contributed by atoms with E-state index in [1.165, 1.54) is 31.7 Å². The van der Waals surface area contributed by atoms with E-state index < -0.39 is 23.7 Å². The summed E-state index contributed by atoms with van der Waals surface area (Å²) in [5.74, 6) is 0.0385. The Balaban J connectivity index is 1.86. The number of hydrogen-bond acceptors (Lipinski definition) is 3. The van der Waals surface area contributed by atoms with Gasteiger partial charge in [0.2, 0.25) is 5.91 Å². The van der Waals surface area contributed by atoms with Crippen LogP contribution in [-0.4, -0.2) is 29.2 Å². The first kappa shape index (κ1) is 25.3. The smallest absolute Gasteiger partial charge is 0.409 e. The molecule has 1 heterocycles. The standard InChI is InChI=1S/C26H35F3N2O2/c1-4-5-6-7-8-9-10-17-33-21-16-12-14-19-13-11-15-20(23(19)21)24(26(27,28)29)31-25(2,3)18-22(32)30-31/h11-16,24H,4-10,17-18H2,1-3H3,(H,30,32). The number of benzene rings is 2. The number of rotatable bonds is 11. The van der Waals surface area contributed by atoms with Crippen LogP contribution in [0.4, 0.5) is 13.2 Å². The average molecular weight is 465 g/mol. The number of hydrogen-bond donors (Lipinski definition) is 1. The fraction of sp³-hybridized carbons (Fsp3) is 0.577. The van der Waals surface area contributed by atoms with E-state index in [1.54, 1.807) is 44.2 Å². The molecule has 0 aliphatic carbocycles. The lowest BCUT2D eigenvalue weighted by atomic mass is 9.93. The molecule has 1 aliphatic heterocycles. The van der Waals surface area contributed by atoms with Crippen LogP contribution in [0.15, 0.2) is 36.4 Å². The van der Waals surface area contributed by atoms with Crippen LogP contribution < -0.4 is 10.2 Å². The summed E-state index contributed by atoms with van der Waals surface area (Å²) in [5.41, 5.74) is 1.56. The zero-order valence-corrected chi connectivity index (χ0v) is 19.8. The summed E-state index contributed by atoms with van der Waals surface area (Å²) in [6.07, 6.45) is 3.38. The maximum absolute atomic E-state index is 14.4. The molecule has 1 atom stereocenters. The number of halogens is 3. The number of alkyl halides is 3. The van der Waals surface area contributed by atoms with Gasteiger partial charge >= 0.3 is 6.18 Å². The normalized spacial score (nSPS) is 17.3. The highest BCUT2D eigenvalue weighted by molar-refractivity contribution is 5.92. The molecule has 182 valence electrons. The molecule has 7 heteroatoms. The summed E-state index contributed by atoms with van der Waals surface area (Å²) in [5, 5.41) is 2.18. The molecule has 0 saturated carbocycles. The lowest BCUT2D eigenvalue weighted by Gasteiger charge is -2.38. The maximum Gasteiger partial charge on any atom is 0.409 e. The Kier molecular flexibility index (Phi) is 8.27. The van der Waals surface area contributed by atoms with E-state index in [0.29, 0.717) is 23.1 Å². The van der Waals surface area contributed by atoms with Crippen molar-refractivity contribution in [2.24, 2.45) is 0 Å². The Hall–Kier alpha value is -2.28. The van der Waals surface area contributed by atoms with Crippen molar-refractivity contribution in [1.82, 2.24) is 10.4 Å². The Morgan fingerprint density at radius 3 is 2.27 bits per heavy atom. The molecule has 4 nitrogen and oxygen atoms in total. The predicted molar refractivity (Wildman–Crippen MR) is 125 cm³/mol. The molecule has 33 heavy (non-hydrogen) atoms. The van der Waals surface area contributed by atoms with E-state index in [1.807, 2.05) is 0 Å². The molecule has 1 aliphatic rings. The van der Waals surface area contributed by atoms with Gasteiger partial charge in [0.1, 0.15) is 5.75 Å². The van der Waals surface area contributed by atoms with Gasteiger partial charge in [-0.2, -0.15) is 18.2 Å². The second-order valence-corrected chi connectivity index (χ2v) is 9.51. The number of carbonyl (C=O) groups is 1. The van der Waals surface area contributed by atoms with Gasteiger partial charge in [0.05, 0.1) is 6.61 Å². The minimum Gasteiger partial charge on any atom is -0.493 e. The number of amides is 1. The maximum atomic E-state index is 14.4. The van der Waals surface area contributed by atoms with Crippen molar-refractivity contribution in [2.75, 3.05) is 6.61 Å². The van der Waals surface area contributed by atoms with E-state index in [4.69, 9.17) is 4.74 Å². The van der Waals surface area contributed by atoms with Crippen LogP contribution in [0.2, 0.25) is 0 Å². The number of carbonyl (C=O) groups excluding carboxylic acids is 1. The van der Waals surface area contributed by atoms with Crippen LogP contribution in [0.3, 0.4) is 0 Å². The topological polar surface area (TPSA) is 41.6 Å². The van der Waals surface area contributed by atoms with Crippen LogP contribution in [0.5, 0.6) is 5.75 Å². The zero-order valence-electron chi connectivity index (χ0n) is 19.8. The zero-order chi connectivity index (χ0) is 24.1. The van der Waals surface area contributed by atoms with Gasteiger partial charge < -0.3 is 4.74 Å². The van der Waals surface area contributed by atoms with Gasteiger partial charge in [0.25, 0.3) is 0 Å². The molecule has 1 N–H and O–H groups in total. The lowest BCUT2D eigenvalue weighted by Crippen LogP contribution is -2.51. The Morgan fingerprint density at radius 2 is 1.67 bits per heavy atom. The highest BCUT2D eigenvalue weighted by Gasteiger charge is 2.53. The van der Waals surface area contributed by atoms with E-state index in [9.17, 15) is 18.0 Å². The Labute approximate surface area is 194 Å². The van der Waals surface area contributed by atoms with Crippen LogP contribution in [0.1, 0.15) is 83.7 Å². The number of ether oxygens (including phenoxy) is 1. The first-order valence-corrected chi connectivity index (χ1v) is 11.9. The number of nitrogens with zero attached hydrogens (tertiary/aromatic N) is 1. The fourth-order valence-corrected chi connectivity index (χ4v) is 4.60. The van der Waals surface area contributed by atoms with Gasteiger partial charge in [0, 0.05) is 17.3 Å². The summed E-state index contributed by atoms with van der Waals surface area (Å²) >= 11 is 0. The monoisotopic (exact) mass is 464 g/mol. The summed E-state index contributed by atoms with van der Waals surface area (Å²) in [7, 11) is 0. The molecule has 0 bridgehead atoms. The Morgan fingerprint density at radius 1 is 1.03 bits per heavy atom. The van der Waals surface area contributed by atoms with Gasteiger partial charge in [-0.15, -0.1) is 0 Å². The largest absolute Gasteiger partial charge is 0.493 e. The Bertz CT molecular complexity index is 938. The SMILES string of the molecule is CCCCCCCCCOc1cccc2cccc(C(N3NC(=O)CC3(C)C)C(F)(F)F)c12. The van der Waals surface area contributed by atoms with Crippen LogP contribution in [0, 0.1) is 0 Å². The van der Waals surface area contributed by atoms with Crippen LogP contribution >= 0.6 is 0 Å². The summed E-state index contributed by atoms with van der Waals surface area (Å²) in [6.45, 7) is 5.94. The van der Waals surface area contributed by atoms with E-state index in [2.05, 4.69) is 12.3 Å². The number of nitrogens with one attached hydrogen (secondary N) is 1. The molecule has 1 fully saturated rings. The van der Waals surface area contributed by atoms with Gasteiger partial charge in [0.15, 0.2) is 6.04 Å². The third kappa shape index (κ3) is 6.19. The molecule has 0 aromatic heterocycles. The quantitative estimate of drug-likeness (QED) is 0.361. The van der Waals surface area contributed by atoms with Crippen LogP contribution in [0.25, 0.3) is 10.8 Å². The van der Waals surface area contributed by atoms with Crippen molar-refractivity contribution in [1.29, 1.82) is 0 Å². The number of fused-ring (bicyclic) bond motifs is 1. The summed E-state index contributed by atoms with van der Waals surface area (Å²) in [4.78, 5) is 12.0. The van der Waals surface area contributed by atoms with Gasteiger partial charge in [-0.3, -0.25) is 10.2 Å². The molecule has 2 aromatic carbocycles. The molecule has 3 rings (SSSR count). The molecule has 1 saturated heterocycles. The average Bonchev–Trinajstić information content (AvgIpc) is 3.00. The van der Waals surface area contributed by atoms with Gasteiger partial charge in [-0.1, -0.05) is 75.8 Å². The fourth-order valence-electron chi connectivity index (χ4n) is 4.60. The van der Waals surface area contributed by atoms with Crippen molar-refractivity contribution in [3.8, 4) is 5.75 Å². The minimum absolute atomic E-state index is 0.00591. The van der Waals surface area contributed by atoms with E-state index >= 15 is 0 Å². The van der Waals surface area contributed by atoms with Crippen molar-refractivity contribution >= 4 is 16.7 Å². The molecule has 2 aromatic rings. The molecule has 0 spiro atoms. The van der Waals surface area contributed by atoms with E-state index in [0.717, 1.165) is 24.3 Å². The highest BCUT2D eigenvalue weighted by Crippen LogP contribution is 2.46. The summed E-state index contributed by atoms with van der Waals surface area (Å²) < 4.78 is 49.3. The van der Waals surface area contributed by atoms with Crippen molar-refractivity contribution in [3.05, 3.63) is 42.0 Å². The second kappa shape index (κ2) is 10.8. The minimum atomic E-state index is -4.59. The first-order chi connectivity index (χ1) is 15.6. The number of hydrazine groups is 1. The second-order valence-electron chi connectivity index (χ2n) is 9.51. The van der Waals surface area contributed by atoms with Crippen molar-refractivity contribution < 1.29 is 22.7 Å². The number of unbranched alkanes of at least 4 members (excludes halogenated alkanes) is 6. The first-order valence-electron chi connectivity index (χ1n) is 11.9. The molecular weight excluding hydrogens is 429 g/mol. The van der Waals surface area contributed by atoms with Gasteiger partial charge in [-0.05, 0) is 37.3 Å². The molecule has 1 unspecified atom stereocenters. The molecule has 1 amide bonds. The lowest BCUT2D eigenvalue weighted by molar-refractivity contribution is -0.203. The van der Waals surface area contributed by atoms with E-state index in [-0.39, 0.29) is 12.0 Å². The molecule has 0 radical (unpaired) electrons.